The van der Waals surface area contributed by atoms with Crippen LogP contribution in [-0.2, 0) is 20.8 Å². The largest absolute Gasteiger partial charge is 0.490 e. The Kier molecular flexibility index (Phi) is 10.4. The van der Waals surface area contributed by atoms with E-state index < -0.39 is 30.0 Å². The van der Waals surface area contributed by atoms with Crippen LogP contribution in [0.4, 0.5) is 13.2 Å². The summed E-state index contributed by atoms with van der Waals surface area (Å²) < 4.78 is 31.7. The van der Waals surface area contributed by atoms with Crippen LogP contribution in [0.15, 0.2) is 60.7 Å². The number of carbonyl (C=O) groups is 4. The number of hydrogen-bond acceptors (Lipinski definition) is 5. The number of hydrogen-bond donors (Lipinski definition) is 5. The van der Waals surface area contributed by atoms with Gasteiger partial charge >= 0.3 is 12.1 Å². The molecule has 2 aromatic rings. The number of carboxylic acid groups (broad SMARTS) is 1. The van der Waals surface area contributed by atoms with Crippen molar-refractivity contribution in [2.45, 2.75) is 18.6 Å². The highest BCUT2D eigenvalue weighted by Crippen LogP contribution is 2.13. The Labute approximate surface area is 180 Å². The van der Waals surface area contributed by atoms with Gasteiger partial charge in [0.1, 0.15) is 0 Å². The molecule has 9 nitrogen and oxygen atoms in total. The molecular weight excluding hydrogens is 433 g/mol. The Hall–Kier alpha value is -3.93. The molecule has 2 aromatic carbocycles. The molecule has 0 saturated heterocycles. The van der Waals surface area contributed by atoms with Crippen LogP contribution in [0, 0.1) is 0 Å². The lowest BCUT2D eigenvalue weighted by atomic mass is 10.1. The van der Waals surface area contributed by atoms with E-state index in [0.29, 0.717) is 12.0 Å². The number of benzene rings is 2. The number of alkyl halides is 3. The molecule has 0 aliphatic carbocycles. The highest BCUT2D eigenvalue weighted by molar-refractivity contribution is 5.96. The zero-order valence-electron chi connectivity index (χ0n) is 16.6. The van der Waals surface area contributed by atoms with Crippen molar-refractivity contribution in [3.8, 4) is 0 Å². The summed E-state index contributed by atoms with van der Waals surface area (Å²) in [6.07, 6.45) is -4.73. The number of hydrazine groups is 1. The van der Waals surface area contributed by atoms with E-state index >= 15 is 0 Å². The van der Waals surface area contributed by atoms with Gasteiger partial charge in [0.05, 0.1) is 12.6 Å². The molecule has 0 unspecified atom stereocenters. The van der Waals surface area contributed by atoms with Crippen molar-refractivity contribution >= 4 is 23.7 Å². The summed E-state index contributed by atoms with van der Waals surface area (Å²) in [5.74, 6) is -4.19. The first-order valence-corrected chi connectivity index (χ1v) is 9.02. The third-order valence-electron chi connectivity index (χ3n) is 3.65. The lowest BCUT2D eigenvalue weighted by Crippen LogP contribution is -2.52. The second-order valence-corrected chi connectivity index (χ2v) is 6.19. The van der Waals surface area contributed by atoms with E-state index in [2.05, 4.69) is 16.2 Å². The van der Waals surface area contributed by atoms with Crippen LogP contribution in [0.2, 0.25) is 0 Å². The molecule has 1 atom stereocenters. The fourth-order valence-electron chi connectivity index (χ4n) is 2.08. The fraction of sp³-hybridized carbons (Fsp3) is 0.200. The maximum atomic E-state index is 11.9. The molecule has 0 saturated carbocycles. The van der Waals surface area contributed by atoms with Crippen molar-refractivity contribution in [1.29, 1.82) is 0 Å². The standard InChI is InChI=1S/C18H20N4O3.C2HF3O2/c19-15(11-13-7-3-1-4-8-13)18(25)22-21-16(23)12-20-17(24)14-9-5-2-6-10-14;3-2(4,5)1(6)7/h1-10,15H,11-12,19H2,(H,20,24)(H,21,23)(H,22,25);(H,6,7)/t15-;/m1./s1. The van der Waals surface area contributed by atoms with Crippen molar-refractivity contribution in [3.63, 3.8) is 0 Å². The number of nitrogens with one attached hydrogen (secondary N) is 3. The number of carbonyl (C=O) groups excluding carboxylic acids is 3. The van der Waals surface area contributed by atoms with E-state index in [1.165, 1.54) is 0 Å². The van der Waals surface area contributed by atoms with E-state index in [9.17, 15) is 27.6 Å². The summed E-state index contributed by atoms with van der Waals surface area (Å²) in [7, 11) is 0. The fourth-order valence-corrected chi connectivity index (χ4v) is 2.08. The van der Waals surface area contributed by atoms with Gasteiger partial charge in [-0.3, -0.25) is 25.2 Å². The summed E-state index contributed by atoms with van der Waals surface area (Å²) in [4.78, 5) is 44.3. The monoisotopic (exact) mass is 454 g/mol. The first kappa shape index (κ1) is 26.1. The lowest BCUT2D eigenvalue weighted by Gasteiger charge is -2.13. The van der Waals surface area contributed by atoms with E-state index in [0.717, 1.165) is 5.56 Å². The van der Waals surface area contributed by atoms with Gasteiger partial charge in [-0.15, -0.1) is 0 Å². The second kappa shape index (κ2) is 12.7. The molecule has 0 aliphatic rings. The molecular formula is C20H21F3N4O5. The van der Waals surface area contributed by atoms with Crippen molar-refractivity contribution < 1.29 is 37.5 Å². The highest BCUT2D eigenvalue weighted by Gasteiger charge is 2.38. The molecule has 3 amide bonds. The summed E-state index contributed by atoms with van der Waals surface area (Å²) in [6, 6.07) is 17.0. The molecule has 6 N–H and O–H groups in total. The van der Waals surface area contributed by atoms with Gasteiger partial charge in [-0.05, 0) is 24.1 Å². The third-order valence-corrected chi connectivity index (χ3v) is 3.65. The zero-order chi connectivity index (χ0) is 24.1. The SMILES string of the molecule is N[C@H](Cc1ccccc1)C(=O)NNC(=O)CNC(=O)c1ccccc1.O=C(O)C(F)(F)F. The molecule has 2 rings (SSSR count). The average molecular weight is 454 g/mol. The Balaban J connectivity index is 0.000000633. The molecule has 172 valence electrons. The maximum absolute atomic E-state index is 11.9. The van der Waals surface area contributed by atoms with Gasteiger partial charge in [-0.2, -0.15) is 13.2 Å². The van der Waals surface area contributed by atoms with Gasteiger partial charge in [-0.25, -0.2) is 4.79 Å². The second-order valence-electron chi connectivity index (χ2n) is 6.19. The normalized spacial score (nSPS) is 11.2. The molecule has 0 fully saturated rings. The summed E-state index contributed by atoms with van der Waals surface area (Å²) in [5, 5.41) is 9.58. The van der Waals surface area contributed by atoms with Gasteiger partial charge in [-0.1, -0.05) is 48.5 Å². The topological polar surface area (TPSA) is 151 Å². The van der Waals surface area contributed by atoms with Crippen LogP contribution in [0.1, 0.15) is 15.9 Å². The quantitative estimate of drug-likeness (QED) is 0.407. The molecule has 12 heteroatoms. The van der Waals surface area contributed by atoms with Crippen LogP contribution in [0.25, 0.3) is 0 Å². The first-order valence-electron chi connectivity index (χ1n) is 9.02. The molecule has 32 heavy (non-hydrogen) atoms. The zero-order valence-corrected chi connectivity index (χ0v) is 16.6. The smallest absolute Gasteiger partial charge is 0.475 e. The van der Waals surface area contributed by atoms with Crippen molar-refractivity contribution in [2.24, 2.45) is 5.73 Å². The molecule has 0 heterocycles. The van der Waals surface area contributed by atoms with Gasteiger partial charge in [0.2, 0.25) is 0 Å². The molecule has 0 aliphatic heterocycles. The number of amides is 3. The van der Waals surface area contributed by atoms with Gasteiger partial charge in [0, 0.05) is 5.56 Å². The number of halogens is 3. The van der Waals surface area contributed by atoms with Gasteiger partial charge < -0.3 is 16.2 Å². The minimum absolute atomic E-state index is 0.262. The van der Waals surface area contributed by atoms with E-state index in [1.807, 2.05) is 30.3 Å². The highest BCUT2D eigenvalue weighted by atomic mass is 19.4. The first-order chi connectivity index (χ1) is 15.0. The molecule has 0 aromatic heterocycles. The molecule has 0 spiro atoms. The minimum Gasteiger partial charge on any atom is -0.475 e. The Morgan fingerprint density at radius 3 is 1.91 bits per heavy atom. The van der Waals surface area contributed by atoms with Crippen molar-refractivity contribution in [1.82, 2.24) is 16.2 Å². The number of aliphatic carboxylic acids is 1. The predicted octanol–water partition coefficient (Wildman–Crippen LogP) is 0.767. The van der Waals surface area contributed by atoms with E-state index in [-0.39, 0.29) is 12.5 Å². The number of carboxylic acids is 1. The summed E-state index contributed by atoms with van der Waals surface area (Å²) in [5.41, 5.74) is 11.6. The minimum atomic E-state index is -5.08. The Morgan fingerprint density at radius 1 is 0.906 bits per heavy atom. The van der Waals surface area contributed by atoms with Crippen LogP contribution in [0.3, 0.4) is 0 Å². The lowest BCUT2D eigenvalue weighted by molar-refractivity contribution is -0.192. The van der Waals surface area contributed by atoms with Gasteiger partial charge in [0.25, 0.3) is 17.7 Å². The van der Waals surface area contributed by atoms with Crippen LogP contribution in [0.5, 0.6) is 0 Å². The number of nitrogens with two attached hydrogens (primary N) is 1. The van der Waals surface area contributed by atoms with Crippen LogP contribution in [-0.4, -0.2) is 47.6 Å². The van der Waals surface area contributed by atoms with Crippen molar-refractivity contribution in [3.05, 3.63) is 71.8 Å². The predicted molar refractivity (Wildman–Crippen MR) is 107 cm³/mol. The molecule has 0 bridgehead atoms. The van der Waals surface area contributed by atoms with Crippen LogP contribution >= 0.6 is 0 Å². The third kappa shape index (κ3) is 10.2. The maximum Gasteiger partial charge on any atom is 0.490 e. The Bertz CT molecular complexity index is 908. The van der Waals surface area contributed by atoms with E-state index in [4.69, 9.17) is 15.6 Å². The van der Waals surface area contributed by atoms with Crippen LogP contribution < -0.4 is 21.9 Å². The van der Waals surface area contributed by atoms with Gasteiger partial charge in [0.15, 0.2) is 0 Å². The summed E-state index contributed by atoms with van der Waals surface area (Å²) >= 11 is 0. The number of rotatable bonds is 6. The summed E-state index contributed by atoms with van der Waals surface area (Å²) in [6.45, 7) is -0.262. The molecule has 0 radical (unpaired) electrons. The average Bonchev–Trinajstić information content (AvgIpc) is 2.76. The van der Waals surface area contributed by atoms with E-state index in [1.54, 1.807) is 30.3 Å². The Morgan fingerprint density at radius 2 is 1.41 bits per heavy atom. The van der Waals surface area contributed by atoms with Crippen molar-refractivity contribution in [2.75, 3.05) is 6.54 Å².